The Labute approximate surface area is 122 Å². The van der Waals surface area contributed by atoms with Crippen molar-refractivity contribution in [3.8, 4) is 5.75 Å². The van der Waals surface area contributed by atoms with Crippen molar-refractivity contribution in [3.63, 3.8) is 0 Å². The summed E-state index contributed by atoms with van der Waals surface area (Å²) in [7, 11) is 2.86. The Morgan fingerprint density at radius 1 is 1.29 bits per heavy atom. The number of methoxy groups -OCH3 is 2. The van der Waals surface area contributed by atoms with Gasteiger partial charge in [0.15, 0.2) is 6.04 Å². The maximum Gasteiger partial charge on any atom is 0.331 e. The zero-order valence-electron chi connectivity index (χ0n) is 12.0. The SMILES string of the molecule is COC(=O)C1COCCN1C(=O)Nc1ccc(OC)cc1. The summed E-state index contributed by atoms with van der Waals surface area (Å²) in [6.07, 6.45) is 0. The Morgan fingerprint density at radius 2 is 2.00 bits per heavy atom. The van der Waals surface area contributed by atoms with Gasteiger partial charge in [0.2, 0.25) is 0 Å². The molecule has 1 saturated heterocycles. The number of amides is 2. The number of carbonyl (C=O) groups excluding carboxylic acids is 2. The Balaban J connectivity index is 2.04. The van der Waals surface area contributed by atoms with Gasteiger partial charge in [-0.05, 0) is 24.3 Å². The summed E-state index contributed by atoms with van der Waals surface area (Å²) >= 11 is 0. The molecule has 2 rings (SSSR count). The first-order valence-corrected chi connectivity index (χ1v) is 6.53. The second-order valence-electron chi connectivity index (χ2n) is 4.47. The first-order chi connectivity index (χ1) is 10.2. The first-order valence-electron chi connectivity index (χ1n) is 6.53. The summed E-state index contributed by atoms with van der Waals surface area (Å²) in [5, 5.41) is 2.74. The molecular formula is C14H18N2O5. The van der Waals surface area contributed by atoms with Gasteiger partial charge < -0.3 is 24.4 Å². The monoisotopic (exact) mass is 294 g/mol. The molecule has 7 nitrogen and oxygen atoms in total. The average Bonchev–Trinajstić information content (AvgIpc) is 2.54. The maximum atomic E-state index is 12.3. The summed E-state index contributed by atoms with van der Waals surface area (Å²) in [6, 6.07) is 5.86. The summed E-state index contributed by atoms with van der Waals surface area (Å²) in [4.78, 5) is 25.4. The lowest BCUT2D eigenvalue weighted by atomic mass is 10.2. The third-order valence-electron chi connectivity index (χ3n) is 3.20. The van der Waals surface area contributed by atoms with Gasteiger partial charge in [0.05, 0.1) is 27.4 Å². The molecule has 1 aromatic carbocycles. The molecule has 1 atom stereocenters. The number of nitrogens with one attached hydrogen (secondary N) is 1. The number of hydrogen-bond donors (Lipinski definition) is 1. The Kier molecular flexibility index (Phi) is 4.99. The normalized spacial score (nSPS) is 18.0. The second kappa shape index (κ2) is 6.94. The van der Waals surface area contributed by atoms with Crippen LogP contribution in [0.15, 0.2) is 24.3 Å². The summed E-state index contributed by atoms with van der Waals surface area (Å²) in [6.45, 7) is 0.869. The van der Waals surface area contributed by atoms with Crippen molar-refractivity contribution in [1.82, 2.24) is 4.90 Å². The largest absolute Gasteiger partial charge is 0.497 e. The molecule has 0 saturated carbocycles. The molecule has 1 heterocycles. The lowest BCUT2D eigenvalue weighted by Crippen LogP contribution is -2.54. The van der Waals surface area contributed by atoms with Crippen LogP contribution >= 0.6 is 0 Å². The van der Waals surface area contributed by atoms with E-state index < -0.39 is 12.0 Å². The van der Waals surface area contributed by atoms with Crippen LogP contribution in [0.4, 0.5) is 10.5 Å². The van der Waals surface area contributed by atoms with E-state index in [-0.39, 0.29) is 12.6 Å². The molecule has 0 aromatic heterocycles. The topological polar surface area (TPSA) is 77.1 Å². The lowest BCUT2D eigenvalue weighted by Gasteiger charge is -2.33. The third kappa shape index (κ3) is 3.63. The van der Waals surface area contributed by atoms with Crippen LogP contribution in [0.25, 0.3) is 0 Å². The number of rotatable bonds is 3. The molecule has 1 aliphatic rings. The highest BCUT2D eigenvalue weighted by atomic mass is 16.5. The zero-order chi connectivity index (χ0) is 15.2. The molecule has 7 heteroatoms. The molecule has 0 aliphatic carbocycles. The number of morpholine rings is 1. The Bertz CT molecular complexity index is 503. The number of esters is 1. The van der Waals surface area contributed by atoms with Crippen LogP contribution in [0, 0.1) is 0 Å². The van der Waals surface area contributed by atoms with Crippen LogP contribution in [-0.2, 0) is 14.3 Å². The number of anilines is 1. The van der Waals surface area contributed by atoms with E-state index in [4.69, 9.17) is 14.2 Å². The maximum absolute atomic E-state index is 12.3. The van der Waals surface area contributed by atoms with Crippen LogP contribution in [0.2, 0.25) is 0 Å². The van der Waals surface area contributed by atoms with Gasteiger partial charge in [-0.25, -0.2) is 9.59 Å². The van der Waals surface area contributed by atoms with Crippen LogP contribution in [0.3, 0.4) is 0 Å². The molecule has 1 fully saturated rings. The van der Waals surface area contributed by atoms with Crippen LogP contribution in [-0.4, -0.2) is 56.9 Å². The second-order valence-corrected chi connectivity index (χ2v) is 4.47. The number of hydrogen-bond acceptors (Lipinski definition) is 5. The number of urea groups is 1. The summed E-state index contributed by atoms with van der Waals surface area (Å²) in [5.41, 5.74) is 0.621. The highest BCUT2D eigenvalue weighted by Gasteiger charge is 2.33. The first kappa shape index (κ1) is 15.1. The van der Waals surface area contributed by atoms with Crippen molar-refractivity contribution in [2.45, 2.75) is 6.04 Å². The van der Waals surface area contributed by atoms with E-state index in [0.717, 1.165) is 0 Å². The van der Waals surface area contributed by atoms with Crippen molar-refractivity contribution in [2.75, 3.05) is 39.3 Å². The van der Waals surface area contributed by atoms with Gasteiger partial charge in [0.25, 0.3) is 0 Å². The van der Waals surface area contributed by atoms with Crippen LogP contribution < -0.4 is 10.1 Å². The number of nitrogens with zero attached hydrogens (tertiary/aromatic N) is 1. The quantitative estimate of drug-likeness (QED) is 0.845. The van der Waals surface area contributed by atoms with Gasteiger partial charge in [-0.1, -0.05) is 0 Å². The molecular weight excluding hydrogens is 276 g/mol. The van der Waals surface area contributed by atoms with E-state index in [1.165, 1.54) is 12.0 Å². The van der Waals surface area contributed by atoms with Gasteiger partial charge in [-0.3, -0.25) is 0 Å². The minimum absolute atomic E-state index is 0.142. The molecule has 114 valence electrons. The van der Waals surface area contributed by atoms with Gasteiger partial charge in [0, 0.05) is 12.2 Å². The third-order valence-corrected chi connectivity index (χ3v) is 3.20. The van der Waals surface area contributed by atoms with Crippen molar-refractivity contribution in [3.05, 3.63) is 24.3 Å². The molecule has 0 bridgehead atoms. The molecule has 0 spiro atoms. The van der Waals surface area contributed by atoms with Gasteiger partial charge >= 0.3 is 12.0 Å². The predicted molar refractivity (Wildman–Crippen MR) is 75.3 cm³/mol. The van der Waals surface area contributed by atoms with E-state index in [9.17, 15) is 9.59 Å². The van der Waals surface area contributed by atoms with E-state index >= 15 is 0 Å². The van der Waals surface area contributed by atoms with E-state index in [1.807, 2.05) is 0 Å². The van der Waals surface area contributed by atoms with Crippen molar-refractivity contribution in [2.24, 2.45) is 0 Å². The van der Waals surface area contributed by atoms with E-state index in [0.29, 0.717) is 24.6 Å². The number of benzene rings is 1. The van der Waals surface area contributed by atoms with Crippen molar-refractivity contribution in [1.29, 1.82) is 0 Å². The standard InChI is InChI=1S/C14H18N2O5/c1-19-11-5-3-10(4-6-11)15-14(18)16-7-8-21-9-12(16)13(17)20-2/h3-6,12H,7-9H2,1-2H3,(H,15,18). The Morgan fingerprint density at radius 3 is 2.62 bits per heavy atom. The number of carbonyl (C=O) groups is 2. The van der Waals surface area contributed by atoms with E-state index in [2.05, 4.69) is 5.32 Å². The molecule has 2 amide bonds. The molecule has 1 unspecified atom stereocenters. The van der Waals surface area contributed by atoms with Crippen molar-refractivity contribution >= 4 is 17.7 Å². The molecule has 21 heavy (non-hydrogen) atoms. The van der Waals surface area contributed by atoms with E-state index in [1.54, 1.807) is 31.4 Å². The molecule has 1 aliphatic heterocycles. The van der Waals surface area contributed by atoms with Gasteiger partial charge in [-0.2, -0.15) is 0 Å². The predicted octanol–water partition coefficient (Wildman–Crippen LogP) is 1.10. The fourth-order valence-electron chi connectivity index (χ4n) is 2.05. The molecule has 1 aromatic rings. The highest BCUT2D eigenvalue weighted by molar-refractivity contribution is 5.92. The fraction of sp³-hybridized carbons (Fsp3) is 0.429. The van der Waals surface area contributed by atoms with Crippen molar-refractivity contribution < 1.29 is 23.8 Å². The Hall–Kier alpha value is -2.28. The van der Waals surface area contributed by atoms with Crippen LogP contribution in [0.1, 0.15) is 0 Å². The average molecular weight is 294 g/mol. The lowest BCUT2D eigenvalue weighted by molar-refractivity contribution is -0.150. The highest BCUT2D eigenvalue weighted by Crippen LogP contribution is 2.17. The summed E-state index contributed by atoms with van der Waals surface area (Å²) < 4.78 is 15.0. The summed E-state index contributed by atoms with van der Waals surface area (Å²) in [5.74, 6) is 0.214. The minimum atomic E-state index is -0.720. The molecule has 0 radical (unpaired) electrons. The zero-order valence-corrected chi connectivity index (χ0v) is 12.0. The van der Waals surface area contributed by atoms with Crippen LogP contribution in [0.5, 0.6) is 5.75 Å². The molecule has 1 N–H and O–H groups in total. The smallest absolute Gasteiger partial charge is 0.331 e. The van der Waals surface area contributed by atoms with Gasteiger partial charge in [-0.15, -0.1) is 0 Å². The minimum Gasteiger partial charge on any atom is -0.497 e. The van der Waals surface area contributed by atoms with Gasteiger partial charge in [0.1, 0.15) is 5.75 Å². The fourth-order valence-corrected chi connectivity index (χ4v) is 2.05. The number of ether oxygens (including phenoxy) is 3.